The van der Waals surface area contributed by atoms with Crippen molar-refractivity contribution in [2.75, 3.05) is 51.9 Å². The molecule has 1 fully saturated rings. The van der Waals surface area contributed by atoms with Gasteiger partial charge < -0.3 is 19.5 Å². The fourth-order valence-corrected chi connectivity index (χ4v) is 4.10. The van der Waals surface area contributed by atoms with Crippen molar-refractivity contribution in [2.45, 2.75) is 25.8 Å². The van der Waals surface area contributed by atoms with Crippen LogP contribution < -0.4 is 14.8 Å². The largest absolute Gasteiger partial charge is 0.493 e. The summed E-state index contributed by atoms with van der Waals surface area (Å²) in [5.74, 6) is 2.18. The van der Waals surface area contributed by atoms with Crippen LogP contribution in [0.2, 0.25) is 0 Å². The molecule has 34 heavy (non-hydrogen) atoms. The number of benzene rings is 2. The van der Waals surface area contributed by atoms with Crippen LogP contribution >= 0.6 is 0 Å². The average molecular weight is 463 g/mol. The third-order valence-electron chi connectivity index (χ3n) is 6.01. The Morgan fingerprint density at radius 1 is 1.06 bits per heavy atom. The van der Waals surface area contributed by atoms with Crippen molar-refractivity contribution in [3.05, 3.63) is 66.5 Å². The molecule has 2 aromatic carbocycles. The van der Waals surface area contributed by atoms with Gasteiger partial charge in [-0.15, -0.1) is 0 Å². The van der Waals surface area contributed by atoms with Gasteiger partial charge in [0.25, 0.3) is 0 Å². The summed E-state index contributed by atoms with van der Waals surface area (Å²) in [5, 5.41) is 3.52. The fourth-order valence-electron chi connectivity index (χ4n) is 4.10. The maximum absolute atomic E-state index is 6.02. The highest BCUT2D eigenvalue weighted by molar-refractivity contribution is 5.64. The van der Waals surface area contributed by atoms with E-state index in [-0.39, 0.29) is 6.04 Å². The average Bonchev–Trinajstić information content (AvgIpc) is 2.91. The number of methoxy groups -OCH3 is 1. The molecule has 4 rings (SSSR count). The Hall–Kier alpha value is -3.16. The number of nitrogens with one attached hydrogen (secondary N) is 1. The molecule has 1 aromatic heterocycles. The van der Waals surface area contributed by atoms with Crippen molar-refractivity contribution in [1.29, 1.82) is 0 Å². The highest BCUT2D eigenvalue weighted by Crippen LogP contribution is 2.32. The van der Waals surface area contributed by atoms with Crippen LogP contribution in [0.1, 0.15) is 31.4 Å². The fraction of sp³-hybridized carbons (Fsp3) is 0.407. The molecule has 1 N–H and O–H groups in total. The molecule has 180 valence electrons. The number of aromatic nitrogens is 2. The lowest BCUT2D eigenvalue weighted by atomic mass is 10.0. The Balaban J connectivity index is 1.39. The van der Waals surface area contributed by atoms with Gasteiger partial charge in [-0.3, -0.25) is 9.88 Å². The van der Waals surface area contributed by atoms with Gasteiger partial charge in [0, 0.05) is 25.2 Å². The van der Waals surface area contributed by atoms with E-state index in [1.807, 2.05) is 24.3 Å². The van der Waals surface area contributed by atoms with Gasteiger partial charge in [0.1, 0.15) is 5.82 Å². The first-order valence-corrected chi connectivity index (χ1v) is 12.0. The lowest BCUT2D eigenvalue weighted by Crippen LogP contribution is -2.37. The van der Waals surface area contributed by atoms with Crippen LogP contribution in [-0.4, -0.2) is 61.4 Å². The zero-order valence-corrected chi connectivity index (χ0v) is 20.1. The Morgan fingerprint density at radius 2 is 1.88 bits per heavy atom. The van der Waals surface area contributed by atoms with Gasteiger partial charge >= 0.3 is 0 Å². The van der Waals surface area contributed by atoms with Gasteiger partial charge in [-0.05, 0) is 36.6 Å². The minimum absolute atomic E-state index is 0.175. The van der Waals surface area contributed by atoms with Gasteiger partial charge in [-0.2, -0.15) is 0 Å². The number of morpholine rings is 1. The highest BCUT2D eigenvalue weighted by atomic mass is 16.5. The summed E-state index contributed by atoms with van der Waals surface area (Å²) in [6, 6.07) is 16.5. The molecule has 2 heterocycles. The van der Waals surface area contributed by atoms with Crippen LogP contribution in [-0.2, 0) is 4.74 Å². The number of hydrogen-bond acceptors (Lipinski definition) is 7. The number of hydrogen-bond donors (Lipinski definition) is 1. The van der Waals surface area contributed by atoms with Crippen molar-refractivity contribution >= 4 is 5.82 Å². The second kappa shape index (κ2) is 12.3. The van der Waals surface area contributed by atoms with Gasteiger partial charge in [0.15, 0.2) is 11.5 Å². The highest BCUT2D eigenvalue weighted by Gasteiger charge is 2.13. The molecule has 1 atom stereocenters. The maximum Gasteiger partial charge on any atom is 0.161 e. The van der Waals surface area contributed by atoms with E-state index in [1.54, 1.807) is 19.5 Å². The van der Waals surface area contributed by atoms with Crippen molar-refractivity contribution in [3.63, 3.8) is 0 Å². The molecule has 1 aliphatic heterocycles. The molecule has 0 amide bonds. The minimum Gasteiger partial charge on any atom is -0.493 e. The predicted octanol–water partition coefficient (Wildman–Crippen LogP) is 4.82. The van der Waals surface area contributed by atoms with E-state index >= 15 is 0 Å². The number of anilines is 1. The summed E-state index contributed by atoms with van der Waals surface area (Å²) < 4.78 is 17.0. The van der Waals surface area contributed by atoms with Gasteiger partial charge in [-0.25, -0.2) is 4.98 Å². The third-order valence-corrected chi connectivity index (χ3v) is 6.01. The Labute approximate surface area is 202 Å². The van der Waals surface area contributed by atoms with Crippen LogP contribution in [0.5, 0.6) is 11.5 Å². The van der Waals surface area contributed by atoms with E-state index in [0.29, 0.717) is 12.4 Å². The van der Waals surface area contributed by atoms with Crippen LogP contribution in [0, 0.1) is 0 Å². The molecule has 0 bridgehead atoms. The molecule has 7 heteroatoms. The molecule has 1 aliphatic rings. The van der Waals surface area contributed by atoms with Gasteiger partial charge in [0.2, 0.25) is 0 Å². The van der Waals surface area contributed by atoms with E-state index in [2.05, 4.69) is 46.4 Å². The van der Waals surface area contributed by atoms with E-state index in [0.717, 1.165) is 68.5 Å². The number of nitrogens with zero attached hydrogens (tertiary/aromatic N) is 3. The zero-order valence-electron chi connectivity index (χ0n) is 20.1. The monoisotopic (exact) mass is 462 g/mol. The first-order valence-electron chi connectivity index (χ1n) is 12.0. The van der Waals surface area contributed by atoms with Crippen LogP contribution in [0.25, 0.3) is 11.3 Å². The lowest BCUT2D eigenvalue weighted by Gasteiger charge is -2.26. The van der Waals surface area contributed by atoms with Crippen LogP contribution in [0.4, 0.5) is 5.82 Å². The van der Waals surface area contributed by atoms with Gasteiger partial charge in [0.05, 0.1) is 51.1 Å². The SMILES string of the molecule is CCC(Nc1cncc(-c2ccc(OCCCN3CCOCC3)c(OC)c2)n1)c1ccccc1. The normalized spacial score (nSPS) is 15.0. The third kappa shape index (κ3) is 6.46. The second-order valence-electron chi connectivity index (χ2n) is 8.33. The predicted molar refractivity (Wildman–Crippen MR) is 134 cm³/mol. The molecular formula is C27H34N4O3. The Kier molecular flexibility index (Phi) is 8.71. The van der Waals surface area contributed by atoms with E-state index in [1.165, 1.54) is 5.56 Å². The topological polar surface area (TPSA) is 68.7 Å². The molecule has 1 unspecified atom stereocenters. The molecule has 0 saturated carbocycles. The summed E-state index contributed by atoms with van der Waals surface area (Å²) >= 11 is 0. The standard InChI is InChI=1S/C27H34N4O3/c1-3-23(21-8-5-4-6-9-21)29-27-20-28-19-24(30-27)22-10-11-25(26(18-22)32-2)34-15-7-12-31-13-16-33-17-14-31/h4-6,8-11,18-20,23H,3,7,12-17H2,1-2H3,(H,29,30). The summed E-state index contributed by atoms with van der Waals surface area (Å²) in [6.07, 6.45) is 5.44. The molecular weight excluding hydrogens is 428 g/mol. The number of rotatable bonds is 11. The summed E-state index contributed by atoms with van der Waals surface area (Å²) in [5.41, 5.74) is 2.94. The summed E-state index contributed by atoms with van der Waals surface area (Å²) in [7, 11) is 1.66. The quantitative estimate of drug-likeness (QED) is 0.410. The van der Waals surface area contributed by atoms with Gasteiger partial charge in [-0.1, -0.05) is 37.3 Å². The van der Waals surface area contributed by atoms with E-state index < -0.39 is 0 Å². The van der Waals surface area contributed by atoms with Crippen LogP contribution in [0.15, 0.2) is 60.9 Å². The smallest absolute Gasteiger partial charge is 0.161 e. The summed E-state index contributed by atoms with van der Waals surface area (Å²) in [4.78, 5) is 11.6. The van der Waals surface area contributed by atoms with Crippen molar-refractivity contribution < 1.29 is 14.2 Å². The van der Waals surface area contributed by atoms with Crippen LogP contribution in [0.3, 0.4) is 0 Å². The maximum atomic E-state index is 6.02. The summed E-state index contributed by atoms with van der Waals surface area (Å²) in [6.45, 7) is 7.45. The second-order valence-corrected chi connectivity index (χ2v) is 8.33. The molecule has 0 aliphatic carbocycles. The minimum atomic E-state index is 0.175. The molecule has 0 spiro atoms. The first-order chi connectivity index (χ1) is 16.8. The first kappa shape index (κ1) is 24.0. The van der Waals surface area contributed by atoms with E-state index in [9.17, 15) is 0 Å². The van der Waals surface area contributed by atoms with Crippen molar-refractivity contribution in [2.24, 2.45) is 0 Å². The molecule has 1 saturated heterocycles. The zero-order chi connectivity index (χ0) is 23.6. The lowest BCUT2D eigenvalue weighted by molar-refractivity contribution is 0.0357. The molecule has 3 aromatic rings. The molecule has 0 radical (unpaired) electrons. The number of ether oxygens (including phenoxy) is 3. The van der Waals surface area contributed by atoms with E-state index in [4.69, 9.17) is 19.2 Å². The van der Waals surface area contributed by atoms with Crippen molar-refractivity contribution in [1.82, 2.24) is 14.9 Å². The van der Waals surface area contributed by atoms with Crippen molar-refractivity contribution in [3.8, 4) is 22.8 Å². The Bertz CT molecular complexity index is 1030. The Morgan fingerprint density at radius 3 is 2.65 bits per heavy atom. The molecule has 7 nitrogen and oxygen atoms in total.